The minimum absolute atomic E-state index is 0.185. The van der Waals surface area contributed by atoms with Gasteiger partial charge in [0.2, 0.25) is 5.91 Å². The molecule has 3 rings (SSSR count). The molecule has 1 fully saturated rings. The minimum Gasteiger partial charge on any atom is -0.438 e. The lowest BCUT2D eigenvalue weighted by Gasteiger charge is -2.41. The van der Waals surface area contributed by atoms with Gasteiger partial charge in [-0.3, -0.25) is 4.79 Å². The van der Waals surface area contributed by atoms with Gasteiger partial charge in [0.1, 0.15) is 5.60 Å². The van der Waals surface area contributed by atoms with Crippen LogP contribution in [0.15, 0.2) is 60.7 Å². The van der Waals surface area contributed by atoms with Crippen LogP contribution in [0.3, 0.4) is 0 Å². The molecule has 2 amide bonds. The third kappa shape index (κ3) is 5.85. The van der Waals surface area contributed by atoms with E-state index in [0.29, 0.717) is 38.9 Å². The summed E-state index contributed by atoms with van der Waals surface area (Å²) < 4.78 is 6.02. The van der Waals surface area contributed by atoms with Gasteiger partial charge in [0.15, 0.2) is 0 Å². The molecular weight excluding hydrogens is 376 g/mol. The van der Waals surface area contributed by atoms with Crippen molar-refractivity contribution in [3.05, 3.63) is 71.8 Å². The van der Waals surface area contributed by atoms with Crippen LogP contribution in [0.1, 0.15) is 50.2 Å². The first kappa shape index (κ1) is 21.9. The smallest absolute Gasteiger partial charge is 0.408 e. The molecule has 5 heteroatoms. The minimum atomic E-state index is -0.687. The Labute approximate surface area is 179 Å². The topological polar surface area (TPSA) is 58.6 Å². The fraction of sp³-hybridized carbons (Fsp3) is 0.440. The third-order valence-corrected chi connectivity index (χ3v) is 5.73. The number of rotatable bonds is 8. The van der Waals surface area contributed by atoms with E-state index in [-0.39, 0.29) is 12.0 Å². The summed E-state index contributed by atoms with van der Waals surface area (Å²) in [6.45, 7) is 3.80. The van der Waals surface area contributed by atoms with Gasteiger partial charge in [0.25, 0.3) is 0 Å². The van der Waals surface area contributed by atoms with Gasteiger partial charge in [-0.25, -0.2) is 4.79 Å². The molecule has 160 valence electrons. The first-order valence-electron chi connectivity index (χ1n) is 11.0. The van der Waals surface area contributed by atoms with Crippen molar-refractivity contribution in [2.75, 3.05) is 19.6 Å². The Kier molecular flexibility index (Phi) is 7.89. The molecule has 0 radical (unpaired) electrons. The number of ether oxygens (including phenoxy) is 1. The van der Waals surface area contributed by atoms with E-state index < -0.39 is 5.60 Å². The van der Waals surface area contributed by atoms with E-state index in [0.717, 1.165) is 24.8 Å². The molecule has 2 aromatic rings. The Morgan fingerprint density at radius 3 is 2.27 bits per heavy atom. The van der Waals surface area contributed by atoms with Crippen LogP contribution in [0.2, 0.25) is 0 Å². The summed E-state index contributed by atoms with van der Waals surface area (Å²) in [5.74, 6) is 0.185. The Bertz CT molecular complexity index is 800. The van der Waals surface area contributed by atoms with Gasteiger partial charge in [-0.2, -0.15) is 0 Å². The number of hydrogen-bond acceptors (Lipinski definition) is 3. The number of likely N-dealkylation sites (tertiary alicyclic amines) is 1. The van der Waals surface area contributed by atoms with E-state index in [2.05, 4.69) is 17.4 Å². The van der Waals surface area contributed by atoms with Crippen molar-refractivity contribution < 1.29 is 14.3 Å². The molecule has 1 N–H and O–H groups in total. The van der Waals surface area contributed by atoms with Crippen LogP contribution in [0.25, 0.3) is 0 Å². The predicted octanol–water partition coefficient (Wildman–Crippen LogP) is 4.66. The van der Waals surface area contributed by atoms with E-state index in [1.54, 1.807) is 0 Å². The zero-order valence-corrected chi connectivity index (χ0v) is 17.8. The van der Waals surface area contributed by atoms with Crippen molar-refractivity contribution in [1.29, 1.82) is 0 Å². The number of aryl methyl sites for hydroxylation is 1. The number of amides is 2. The number of benzene rings is 2. The van der Waals surface area contributed by atoms with Gasteiger partial charge < -0.3 is 15.0 Å². The van der Waals surface area contributed by atoms with Crippen molar-refractivity contribution >= 4 is 12.0 Å². The van der Waals surface area contributed by atoms with E-state index in [9.17, 15) is 9.59 Å². The Hall–Kier alpha value is -2.82. The Morgan fingerprint density at radius 1 is 1.00 bits per heavy atom. The molecule has 0 aromatic heterocycles. The van der Waals surface area contributed by atoms with Crippen molar-refractivity contribution in [3.8, 4) is 0 Å². The van der Waals surface area contributed by atoms with Crippen LogP contribution in [0.5, 0.6) is 0 Å². The van der Waals surface area contributed by atoms with Crippen LogP contribution in [-0.2, 0) is 21.6 Å². The van der Waals surface area contributed by atoms with Crippen molar-refractivity contribution in [3.63, 3.8) is 0 Å². The summed E-state index contributed by atoms with van der Waals surface area (Å²) in [5, 5.41) is 2.91. The highest BCUT2D eigenvalue weighted by Gasteiger charge is 2.40. The monoisotopic (exact) mass is 408 g/mol. The molecule has 0 spiro atoms. The van der Waals surface area contributed by atoms with E-state index in [1.165, 1.54) is 5.56 Å². The Balaban J connectivity index is 1.57. The predicted molar refractivity (Wildman–Crippen MR) is 118 cm³/mol. The van der Waals surface area contributed by atoms with Crippen LogP contribution in [-0.4, -0.2) is 36.5 Å². The number of carbonyl (C=O) groups excluding carboxylic acids is 2. The summed E-state index contributed by atoms with van der Waals surface area (Å²) in [6, 6.07) is 20.1. The number of nitrogens with one attached hydrogen (secondary N) is 1. The number of piperidine rings is 1. The second-order valence-corrected chi connectivity index (χ2v) is 7.90. The van der Waals surface area contributed by atoms with Gasteiger partial charge in [0, 0.05) is 38.9 Å². The van der Waals surface area contributed by atoms with Gasteiger partial charge in [0.05, 0.1) is 0 Å². The third-order valence-electron chi connectivity index (χ3n) is 5.73. The standard InChI is InChI=1S/C25H32N2O3/c1-2-10-23(28)27-19-16-25(17-20-27,22-14-7-4-8-15-22)30-24(29)26-18-9-13-21-11-5-3-6-12-21/h3-8,11-12,14-15H,2,9-10,13,16-20H2,1H3,(H,26,29). The first-order valence-corrected chi connectivity index (χ1v) is 11.0. The molecule has 2 aromatic carbocycles. The summed E-state index contributed by atoms with van der Waals surface area (Å²) in [7, 11) is 0. The normalized spacial score (nSPS) is 15.4. The molecule has 1 aliphatic heterocycles. The maximum atomic E-state index is 12.6. The quantitative estimate of drug-likeness (QED) is 0.646. The number of alkyl carbamates (subject to hydrolysis) is 1. The lowest BCUT2D eigenvalue weighted by atomic mass is 9.84. The van der Waals surface area contributed by atoms with Gasteiger partial charge >= 0.3 is 6.09 Å². The molecule has 1 saturated heterocycles. The maximum absolute atomic E-state index is 12.6. The van der Waals surface area contributed by atoms with Crippen LogP contribution < -0.4 is 5.32 Å². The highest BCUT2D eigenvalue weighted by atomic mass is 16.6. The second kappa shape index (κ2) is 10.8. The average Bonchev–Trinajstić information content (AvgIpc) is 2.79. The maximum Gasteiger partial charge on any atom is 0.408 e. The molecular formula is C25H32N2O3. The summed E-state index contributed by atoms with van der Waals surface area (Å²) in [4.78, 5) is 26.8. The molecule has 0 bridgehead atoms. The zero-order valence-electron chi connectivity index (χ0n) is 17.8. The average molecular weight is 409 g/mol. The van der Waals surface area contributed by atoms with E-state index in [4.69, 9.17) is 4.74 Å². The lowest BCUT2D eigenvalue weighted by molar-refractivity contribution is -0.135. The second-order valence-electron chi connectivity index (χ2n) is 7.90. The summed E-state index contributed by atoms with van der Waals surface area (Å²) >= 11 is 0. The number of nitrogens with zero attached hydrogens (tertiary/aromatic N) is 1. The summed E-state index contributed by atoms with van der Waals surface area (Å²) in [6.07, 6.45) is 4.03. The summed E-state index contributed by atoms with van der Waals surface area (Å²) in [5.41, 5.74) is 1.57. The van der Waals surface area contributed by atoms with Crippen molar-refractivity contribution in [2.45, 2.75) is 51.0 Å². The molecule has 0 saturated carbocycles. The van der Waals surface area contributed by atoms with Gasteiger partial charge in [-0.1, -0.05) is 67.6 Å². The molecule has 0 aliphatic carbocycles. The molecule has 5 nitrogen and oxygen atoms in total. The molecule has 1 heterocycles. The van der Waals surface area contributed by atoms with Gasteiger partial charge in [-0.15, -0.1) is 0 Å². The van der Waals surface area contributed by atoms with E-state index >= 15 is 0 Å². The SMILES string of the molecule is CCCC(=O)N1CCC(OC(=O)NCCCc2ccccc2)(c2ccccc2)CC1. The molecule has 0 unspecified atom stereocenters. The van der Waals surface area contributed by atoms with Crippen molar-refractivity contribution in [2.24, 2.45) is 0 Å². The molecule has 1 aliphatic rings. The zero-order chi connectivity index (χ0) is 21.2. The van der Waals surface area contributed by atoms with Crippen LogP contribution in [0, 0.1) is 0 Å². The highest BCUT2D eigenvalue weighted by molar-refractivity contribution is 5.76. The highest BCUT2D eigenvalue weighted by Crippen LogP contribution is 2.37. The first-order chi connectivity index (χ1) is 14.6. The van der Waals surface area contributed by atoms with Crippen LogP contribution in [0.4, 0.5) is 4.79 Å². The Morgan fingerprint density at radius 2 is 1.63 bits per heavy atom. The fourth-order valence-corrected chi connectivity index (χ4v) is 4.02. The lowest BCUT2D eigenvalue weighted by Crippen LogP contribution is -2.48. The molecule has 30 heavy (non-hydrogen) atoms. The number of carbonyl (C=O) groups is 2. The van der Waals surface area contributed by atoms with Gasteiger partial charge in [-0.05, 0) is 30.4 Å². The fourth-order valence-electron chi connectivity index (χ4n) is 4.02. The molecule has 0 atom stereocenters. The van der Waals surface area contributed by atoms with Crippen molar-refractivity contribution in [1.82, 2.24) is 10.2 Å². The van der Waals surface area contributed by atoms with Crippen LogP contribution >= 0.6 is 0 Å². The van der Waals surface area contributed by atoms with E-state index in [1.807, 2.05) is 60.4 Å². The number of hydrogen-bond donors (Lipinski definition) is 1. The largest absolute Gasteiger partial charge is 0.438 e.